The van der Waals surface area contributed by atoms with Gasteiger partial charge in [0.25, 0.3) is 5.56 Å². The smallest absolute Gasteiger partial charge is 0.268 e. The van der Waals surface area contributed by atoms with E-state index in [2.05, 4.69) is 11.1 Å². The van der Waals surface area contributed by atoms with E-state index in [1.54, 1.807) is 18.2 Å². The van der Waals surface area contributed by atoms with Gasteiger partial charge in [0.15, 0.2) is 0 Å². The van der Waals surface area contributed by atoms with Crippen LogP contribution in [0.15, 0.2) is 29.3 Å². The molecule has 0 aliphatic carbocycles. The van der Waals surface area contributed by atoms with E-state index in [0.29, 0.717) is 14.9 Å². The van der Waals surface area contributed by atoms with Crippen molar-refractivity contribution in [3.63, 3.8) is 0 Å². The molecule has 0 unspecified atom stereocenters. The predicted molar refractivity (Wildman–Crippen MR) is 83.0 cm³/mol. The molecule has 0 spiro atoms. The van der Waals surface area contributed by atoms with Crippen LogP contribution in [0.3, 0.4) is 0 Å². The van der Waals surface area contributed by atoms with E-state index in [-0.39, 0.29) is 17.3 Å². The first-order valence-electron chi connectivity index (χ1n) is 5.54. The Morgan fingerprint density at radius 3 is 2.95 bits per heavy atom. The monoisotopic (exact) mass is 401 g/mol. The Labute approximate surface area is 133 Å². The third kappa shape index (κ3) is 2.94. The molecule has 1 aromatic carbocycles. The van der Waals surface area contributed by atoms with Crippen LogP contribution in [0.4, 0.5) is 0 Å². The van der Waals surface area contributed by atoms with Crippen molar-refractivity contribution >= 4 is 34.2 Å². The van der Waals surface area contributed by atoms with E-state index in [0.717, 1.165) is 5.56 Å². The van der Waals surface area contributed by atoms with E-state index in [1.165, 1.54) is 18.0 Å². The van der Waals surface area contributed by atoms with Crippen molar-refractivity contribution in [1.29, 1.82) is 5.26 Å². The lowest BCUT2D eigenvalue weighted by molar-refractivity contribution is 0.408. The highest BCUT2D eigenvalue weighted by atomic mass is 127. The number of hydrogen-bond donors (Lipinski definition) is 0. The van der Waals surface area contributed by atoms with Gasteiger partial charge < -0.3 is 4.74 Å². The minimum absolute atomic E-state index is 0.185. The van der Waals surface area contributed by atoms with Crippen molar-refractivity contribution in [3.05, 3.63) is 54.7 Å². The van der Waals surface area contributed by atoms with Crippen LogP contribution in [0.25, 0.3) is 0 Å². The Morgan fingerprint density at radius 1 is 1.55 bits per heavy atom. The molecule has 7 heteroatoms. The fourth-order valence-electron chi connectivity index (χ4n) is 1.71. The van der Waals surface area contributed by atoms with Crippen LogP contribution in [0, 0.1) is 14.9 Å². The number of methoxy groups -OCH3 is 1. The van der Waals surface area contributed by atoms with E-state index in [9.17, 15) is 4.79 Å². The van der Waals surface area contributed by atoms with Crippen molar-refractivity contribution < 1.29 is 4.74 Å². The number of halogens is 2. The summed E-state index contributed by atoms with van der Waals surface area (Å²) in [4.78, 5) is 16.0. The maximum atomic E-state index is 12.1. The SMILES string of the molecule is COc1ccc(C#N)cc1Cn1cnc(Cl)c(I)c1=O. The van der Waals surface area contributed by atoms with Crippen LogP contribution < -0.4 is 10.3 Å². The Kier molecular flexibility index (Phi) is 4.62. The summed E-state index contributed by atoms with van der Waals surface area (Å²) in [5, 5.41) is 9.12. The standard InChI is InChI=1S/C13H9ClIN3O2/c1-20-10-3-2-8(5-16)4-9(10)6-18-7-17-12(14)11(15)13(18)19/h2-4,7H,6H2,1H3. The molecule has 0 fully saturated rings. The topological polar surface area (TPSA) is 67.9 Å². The lowest BCUT2D eigenvalue weighted by Gasteiger charge is -2.11. The quantitative estimate of drug-likeness (QED) is 0.585. The fraction of sp³-hybridized carbons (Fsp3) is 0.154. The molecule has 2 rings (SSSR count). The van der Waals surface area contributed by atoms with Crippen molar-refractivity contribution in [3.8, 4) is 11.8 Å². The van der Waals surface area contributed by atoms with Gasteiger partial charge in [-0.25, -0.2) is 4.98 Å². The van der Waals surface area contributed by atoms with E-state index < -0.39 is 0 Å². The molecular formula is C13H9ClIN3O2. The Bertz CT molecular complexity index is 752. The van der Waals surface area contributed by atoms with Gasteiger partial charge in [0.05, 0.1) is 31.6 Å². The second-order valence-electron chi connectivity index (χ2n) is 3.92. The highest BCUT2D eigenvalue weighted by Crippen LogP contribution is 2.20. The number of nitrogens with zero attached hydrogens (tertiary/aromatic N) is 3. The van der Waals surface area contributed by atoms with E-state index in [1.807, 2.05) is 22.6 Å². The second-order valence-corrected chi connectivity index (χ2v) is 5.36. The number of hydrogen-bond acceptors (Lipinski definition) is 4. The first-order valence-corrected chi connectivity index (χ1v) is 7.00. The van der Waals surface area contributed by atoms with Gasteiger partial charge >= 0.3 is 0 Å². The van der Waals surface area contributed by atoms with Gasteiger partial charge in [-0.1, -0.05) is 11.6 Å². The summed E-state index contributed by atoms with van der Waals surface area (Å²) in [6.45, 7) is 0.262. The predicted octanol–water partition coefficient (Wildman–Crippen LogP) is 2.43. The first kappa shape index (κ1) is 14.8. The molecule has 2 aromatic rings. The summed E-state index contributed by atoms with van der Waals surface area (Å²) in [7, 11) is 1.54. The number of aromatic nitrogens is 2. The molecular weight excluding hydrogens is 393 g/mol. The van der Waals surface area contributed by atoms with E-state index >= 15 is 0 Å². The second kappa shape index (κ2) is 6.24. The van der Waals surface area contributed by atoms with Crippen molar-refractivity contribution in [2.24, 2.45) is 0 Å². The van der Waals surface area contributed by atoms with Crippen LogP contribution in [-0.2, 0) is 6.54 Å². The molecule has 0 bridgehead atoms. The molecule has 0 aliphatic rings. The molecule has 0 amide bonds. The zero-order chi connectivity index (χ0) is 14.7. The summed E-state index contributed by atoms with van der Waals surface area (Å²) in [6.07, 6.45) is 1.38. The summed E-state index contributed by atoms with van der Waals surface area (Å²) in [5.74, 6) is 0.612. The molecule has 102 valence electrons. The van der Waals surface area contributed by atoms with Crippen molar-refractivity contribution in [1.82, 2.24) is 9.55 Å². The average Bonchev–Trinajstić information content (AvgIpc) is 2.47. The highest BCUT2D eigenvalue weighted by molar-refractivity contribution is 14.1. The van der Waals surface area contributed by atoms with Crippen molar-refractivity contribution in [2.75, 3.05) is 7.11 Å². The van der Waals surface area contributed by atoms with Gasteiger partial charge in [-0.3, -0.25) is 9.36 Å². The Morgan fingerprint density at radius 2 is 2.30 bits per heavy atom. The molecule has 20 heavy (non-hydrogen) atoms. The molecule has 0 aliphatic heterocycles. The molecule has 0 saturated heterocycles. The Balaban J connectivity index is 2.47. The van der Waals surface area contributed by atoms with Crippen LogP contribution in [0.2, 0.25) is 5.15 Å². The molecule has 1 aromatic heterocycles. The average molecular weight is 402 g/mol. The molecule has 0 atom stereocenters. The lowest BCUT2D eigenvalue weighted by atomic mass is 10.1. The third-order valence-corrected chi connectivity index (χ3v) is 4.27. The first-order chi connectivity index (χ1) is 9.56. The summed E-state index contributed by atoms with van der Waals surface area (Å²) in [5.41, 5.74) is 1.01. The highest BCUT2D eigenvalue weighted by Gasteiger charge is 2.10. The molecule has 0 radical (unpaired) electrons. The summed E-state index contributed by atoms with van der Waals surface area (Å²) < 4.78 is 7.02. The largest absolute Gasteiger partial charge is 0.496 e. The van der Waals surface area contributed by atoms with Gasteiger partial charge in [0, 0.05) is 5.56 Å². The van der Waals surface area contributed by atoms with Gasteiger partial charge in [-0.05, 0) is 40.8 Å². The minimum Gasteiger partial charge on any atom is -0.496 e. The van der Waals surface area contributed by atoms with Gasteiger partial charge in [0.1, 0.15) is 14.5 Å². The number of rotatable bonds is 3. The minimum atomic E-state index is -0.227. The number of nitriles is 1. The van der Waals surface area contributed by atoms with Crippen LogP contribution in [0.1, 0.15) is 11.1 Å². The molecule has 0 N–H and O–H groups in total. The van der Waals surface area contributed by atoms with Gasteiger partial charge in [0.2, 0.25) is 0 Å². The van der Waals surface area contributed by atoms with Crippen LogP contribution >= 0.6 is 34.2 Å². The summed E-state index contributed by atoms with van der Waals surface area (Å²) >= 11 is 7.65. The normalized spacial score (nSPS) is 10.1. The Hall–Kier alpha value is -1.59. The van der Waals surface area contributed by atoms with Gasteiger partial charge in [-0.2, -0.15) is 5.26 Å². The summed E-state index contributed by atoms with van der Waals surface area (Å²) in [6, 6.07) is 7.11. The van der Waals surface area contributed by atoms with E-state index in [4.69, 9.17) is 21.6 Å². The zero-order valence-electron chi connectivity index (χ0n) is 10.4. The zero-order valence-corrected chi connectivity index (χ0v) is 13.3. The van der Waals surface area contributed by atoms with Crippen molar-refractivity contribution in [2.45, 2.75) is 6.54 Å². The number of benzene rings is 1. The fourth-order valence-corrected chi connectivity index (χ4v) is 2.29. The van der Waals surface area contributed by atoms with Gasteiger partial charge in [-0.15, -0.1) is 0 Å². The third-order valence-electron chi connectivity index (χ3n) is 2.69. The number of ether oxygens (including phenoxy) is 1. The molecule has 0 saturated carbocycles. The lowest BCUT2D eigenvalue weighted by Crippen LogP contribution is -2.24. The maximum Gasteiger partial charge on any atom is 0.268 e. The molecule has 1 heterocycles. The maximum absolute atomic E-state index is 12.1. The molecule has 5 nitrogen and oxygen atoms in total. The van der Waals surface area contributed by atoms with Crippen LogP contribution in [-0.4, -0.2) is 16.7 Å². The van der Waals surface area contributed by atoms with Crippen LogP contribution in [0.5, 0.6) is 5.75 Å².